The maximum Gasteiger partial charge on any atom is 0.207 e. The number of likely N-dealkylation sites (N-methyl/N-ethyl adjacent to an activating group) is 1. The van der Waals surface area contributed by atoms with E-state index in [1.807, 2.05) is 30.3 Å². The minimum atomic E-state index is -3.44. The Hall–Kier alpha value is -2.63. The van der Waals surface area contributed by atoms with Crippen LogP contribution in [0.3, 0.4) is 0 Å². The Kier molecular flexibility index (Phi) is 3.64. The summed E-state index contributed by atoms with van der Waals surface area (Å²) in [5.74, 6) is 0. The van der Waals surface area contributed by atoms with E-state index >= 15 is 0 Å². The molecule has 0 aliphatic carbocycles. The number of rotatable bonds is 2. The van der Waals surface area contributed by atoms with E-state index in [-0.39, 0.29) is 0 Å². The minimum Gasteiger partial charge on any atom is -0.357 e. The molecule has 0 N–H and O–H groups in total. The lowest BCUT2D eigenvalue weighted by molar-refractivity contribution is 0.421. The van der Waals surface area contributed by atoms with Crippen LogP contribution in [0.1, 0.15) is 0 Å². The molecule has 0 saturated carbocycles. The second-order valence-electron chi connectivity index (χ2n) is 7.24. The van der Waals surface area contributed by atoms with Crippen LogP contribution in [0, 0.1) is 0 Å². The molecule has 0 radical (unpaired) electrons. The molecular weight excluding hydrogens is 356 g/mol. The maximum absolute atomic E-state index is 12.9. The zero-order valence-electron chi connectivity index (χ0n) is 15.1. The molecule has 27 heavy (non-hydrogen) atoms. The van der Waals surface area contributed by atoms with Gasteiger partial charge in [-0.2, -0.15) is 0 Å². The predicted molar refractivity (Wildman–Crippen MR) is 108 cm³/mol. The third kappa shape index (κ3) is 2.58. The number of hydrogen-bond donors (Lipinski definition) is 0. The first-order valence-electron chi connectivity index (χ1n) is 9.06. The van der Waals surface area contributed by atoms with Crippen LogP contribution >= 0.6 is 0 Å². The van der Waals surface area contributed by atoms with Crippen molar-refractivity contribution in [2.75, 3.05) is 31.7 Å². The lowest BCUT2D eigenvalue weighted by atomic mass is 10.0. The van der Waals surface area contributed by atoms with Crippen LogP contribution in [0.5, 0.6) is 0 Å². The maximum atomic E-state index is 12.9. The Morgan fingerprint density at radius 2 is 1.48 bits per heavy atom. The van der Waals surface area contributed by atoms with Crippen molar-refractivity contribution in [3.05, 3.63) is 66.7 Å². The van der Waals surface area contributed by atoms with E-state index in [0.717, 1.165) is 42.0 Å². The van der Waals surface area contributed by atoms with Crippen molar-refractivity contribution in [3.8, 4) is 22.3 Å². The number of fused-ring (bicyclic) bond motifs is 3. The molecule has 0 unspecified atom stereocenters. The monoisotopic (exact) mass is 376 g/mol. The SMILES string of the molecule is CN1CCN(c2ccc(-c3ccc4c(c3)S(=O)(=O)c3ccccc3-4)cc2)C1. The van der Waals surface area contributed by atoms with Gasteiger partial charge in [-0.05, 0) is 42.4 Å². The molecule has 5 rings (SSSR count). The van der Waals surface area contributed by atoms with Gasteiger partial charge in [0.25, 0.3) is 0 Å². The molecule has 0 amide bonds. The summed E-state index contributed by atoms with van der Waals surface area (Å²) < 4.78 is 25.8. The summed E-state index contributed by atoms with van der Waals surface area (Å²) in [5, 5.41) is 0. The van der Waals surface area contributed by atoms with Gasteiger partial charge in [0.1, 0.15) is 0 Å². The summed E-state index contributed by atoms with van der Waals surface area (Å²) in [5.41, 5.74) is 4.75. The number of benzene rings is 3. The summed E-state index contributed by atoms with van der Waals surface area (Å²) in [6.07, 6.45) is 0. The van der Waals surface area contributed by atoms with Crippen molar-refractivity contribution in [2.24, 2.45) is 0 Å². The number of anilines is 1. The van der Waals surface area contributed by atoms with Crippen molar-refractivity contribution < 1.29 is 8.42 Å². The van der Waals surface area contributed by atoms with E-state index in [9.17, 15) is 8.42 Å². The smallest absolute Gasteiger partial charge is 0.207 e. The molecule has 2 heterocycles. The fourth-order valence-electron chi connectivity index (χ4n) is 3.99. The normalized spacial score (nSPS) is 17.7. The molecule has 4 nitrogen and oxygen atoms in total. The molecular formula is C22H20N2O2S. The Balaban J connectivity index is 1.52. The summed E-state index contributed by atoms with van der Waals surface area (Å²) in [6, 6.07) is 21.3. The van der Waals surface area contributed by atoms with Crippen LogP contribution in [0.15, 0.2) is 76.5 Å². The highest BCUT2D eigenvalue weighted by Gasteiger charge is 2.32. The lowest BCUT2D eigenvalue weighted by Gasteiger charge is -2.18. The molecule has 0 spiro atoms. The van der Waals surface area contributed by atoms with E-state index in [4.69, 9.17) is 0 Å². The van der Waals surface area contributed by atoms with Gasteiger partial charge in [0.2, 0.25) is 9.84 Å². The van der Waals surface area contributed by atoms with Crippen LogP contribution in [-0.2, 0) is 9.84 Å². The molecule has 2 aliphatic rings. The van der Waals surface area contributed by atoms with Crippen molar-refractivity contribution in [1.29, 1.82) is 0 Å². The van der Waals surface area contributed by atoms with Gasteiger partial charge >= 0.3 is 0 Å². The van der Waals surface area contributed by atoms with Gasteiger partial charge in [-0.15, -0.1) is 0 Å². The summed E-state index contributed by atoms with van der Waals surface area (Å²) in [6.45, 7) is 3.05. The fourth-order valence-corrected chi connectivity index (χ4v) is 5.70. The first kappa shape index (κ1) is 16.5. The first-order valence-corrected chi connectivity index (χ1v) is 10.5. The van der Waals surface area contributed by atoms with E-state index in [1.54, 1.807) is 12.1 Å². The molecule has 3 aromatic rings. The Bertz CT molecular complexity index is 1140. The van der Waals surface area contributed by atoms with Gasteiger partial charge in [0.05, 0.1) is 16.5 Å². The molecule has 1 saturated heterocycles. The highest BCUT2D eigenvalue weighted by Crippen LogP contribution is 2.44. The standard InChI is InChI=1S/C22H20N2O2S/c1-23-12-13-24(15-23)18-9-6-16(7-10-18)17-8-11-20-19-4-2-3-5-21(19)27(25,26)22(20)14-17/h2-11,14H,12-13,15H2,1H3. The third-order valence-corrected chi connectivity index (χ3v) is 7.32. The lowest BCUT2D eigenvalue weighted by Crippen LogP contribution is -2.22. The molecule has 0 atom stereocenters. The zero-order valence-corrected chi connectivity index (χ0v) is 15.9. The predicted octanol–water partition coefficient (Wildman–Crippen LogP) is 3.88. The van der Waals surface area contributed by atoms with Crippen LogP contribution < -0.4 is 4.90 Å². The molecule has 2 aliphatic heterocycles. The average molecular weight is 376 g/mol. The molecule has 0 aromatic heterocycles. The van der Waals surface area contributed by atoms with Crippen molar-refractivity contribution in [1.82, 2.24) is 4.90 Å². The minimum absolute atomic E-state index is 0.408. The summed E-state index contributed by atoms with van der Waals surface area (Å²) in [4.78, 5) is 5.45. The molecule has 0 bridgehead atoms. The number of sulfone groups is 1. The first-order chi connectivity index (χ1) is 13.0. The quantitative estimate of drug-likeness (QED) is 0.532. The van der Waals surface area contributed by atoms with E-state index in [0.29, 0.717) is 9.79 Å². The molecule has 5 heteroatoms. The van der Waals surface area contributed by atoms with Crippen molar-refractivity contribution in [2.45, 2.75) is 9.79 Å². The van der Waals surface area contributed by atoms with E-state index in [2.05, 4.69) is 41.1 Å². The Labute approximate surface area is 159 Å². The summed E-state index contributed by atoms with van der Waals surface area (Å²) >= 11 is 0. The highest BCUT2D eigenvalue weighted by molar-refractivity contribution is 7.92. The van der Waals surface area contributed by atoms with Crippen molar-refractivity contribution >= 4 is 15.5 Å². The van der Waals surface area contributed by atoms with Crippen LogP contribution in [0.4, 0.5) is 5.69 Å². The van der Waals surface area contributed by atoms with Gasteiger partial charge in [0, 0.05) is 29.9 Å². The van der Waals surface area contributed by atoms with Gasteiger partial charge in [-0.3, -0.25) is 4.90 Å². The van der Waals surface area contributed by atoms with E-state index < -0.39 is 9.84 Å². The van der Waals surface area contributed by atoms with E-state index in [1.165, 1.54) is 5.69 Å². The van der Waals surface area contributed by atoms with Crippen molar-refractivity contribution in [3.63, 3.8) is 0 Å². The van der Waals surface area contributed by atoms with Crippen LogP contribution in [-0.4, -0.2) is 40.1 Å². The average Bonchev–Trinajstić information content (AvgIpc) is 3.22. The zero-order chi connectivity index (χ0) is 18.6. The van der Waals surface area contributed by atoms with Gasteiger partial charge in [-0.1, -0.05) is 42.5 Å². The second kappa shape index (κ2) is 5.94. The second-order valence-corrected chi connectivity index (χ2v) is 9.13. The fraction of sp³-hybridized carbons (Fsp3) is 0.182. The Morgan fingerprint density at radius 3 is 2.22 bits per heavy atom. The molecule has 1 fully saturated rings. The Morgan fingerprint density at radius 1 is 0.778 bits per heavy atom. The highest BCUT2D eigenvalue weighted by atomic mass is 32.2. The van der Waals surface area contributed by atoms with Crippen LogP contribution in [0.25, 0.3) is 22.3 Å². The number of hydrogen-bond acceptors (Lipinski definition) is 4. The molecule has 3 aromatic carbocycles. The van der Waals surface area contributed by atoms with Gasteiger partial charge < -0.3 is 4.90 Å². The van der Waals surface area contributed by atoms with Gasteiger partial charge in [0.15, 0.2) is 0 Å². The number of nitrogens with zero attached hydrogens (tertiary/aromatic N) is 2. The summed E-state index contributed by atoms with van der Waals surface area (Å²) in [7, 11) is -1.31. The third-order valence-electron chi connectivity index (χ3n) is 5.47. The largest absolute Gasteiger partial charge is 0.357 e. The topological polar surface area (TPSA) is 40.6 Å². The van der Waals surface area contributed by atoms with Crippen LogP contribution in [0.2, 0.25) is 0 Å². The molecule has 136 valence electrons. The van der Waals surface area contributed by atoms with Gasteiger partial charge in [-0.25, -0.2) is 8.42 Å².